The van der Waals surface area contributed by atoms with Gasteiger partial charge in [-0.3, -0.25) is 9.69 Å². The van der Waals surface area contributed by atoms with E-state index in [1.54, 1.807) is 31.4 Å². The molecule has 3 aromatic carbocycles. The van der Waals surface area contributed by atoms with Crippen LogP contribution in [0.3, 0.4) is 0 Å². The quantitative estimate of drug-likeness (QED) is 0.448. The second-order valence-electron chi connectivity index (χ2n) is 8.60. The number of benzene rings is 3. The molecule has 0 bridgehead atoms. The Morgan fingerprint density at radius 3 is 2.52 bits per heavy atom. The van der Waals surface area contributed by atoms with Crippen LogP contribution in [0, 0.1) is 0 Å². The maximum atomic E-state index is 12.5. The average molecular weight is 467 g/mol. The molecule has 0 saturated carbocycles. The standard InChI is InChI=1S/C27H31ClN2O3/c1-32-13-14-33-19-21-6-8-22-7-5-20(15-24(22)16-21)18-30-11-9-26(10-12-30)29-27(31)23-3-2-4-25(28)17-23/h2-8,15-17,26H,9-14,18-19H2,1H3,(H,29,31). The van der Waals surface area contributed by atoms with Gasteiger partial charge in [-0.25, -0.2) is 0 Å². The van der Waals surface area contributed by atoms with Crippen molar-refractivity contribution in [3.63, 3.8) is 0 Å². The fraction of sp³-hybridized carbons (Fsp3) is 0.370. The Kier molecular flexibility index (Phi) is 8.35. The van der Waals surface area contributed by atoms with Crippen molar-refractivity contribution >= 4 is 28.3 Å². The molecule has 0 aliphatic carbocycles. The van der Waals surface area contributed by atoms with E-state index in [9.17, 15) is 4.79 Å². The smallest absolute Gasteiger partial charge is 0.251 e. The first kappa shape index (κ1) is 23.7. The first-order valence-electron chi connectivity index (χ1n) is 11.5. The van der Waals surface area contributed by atoms with Crippen LogP contribution in [0.4, 0.5) is 0 Å². The number of piperidine rings is 1. The van der Waals surface area contributed by atoms with Gasteiger partial charge in [0.05, 0.1) is 19.8 Å². The molecule has 1 aliphatic rings. The lowest BCUT2D eigenvalue weighted by atomic mass is 10.0. The monoisotopic (exact) mass is 466 g/mol. The summed E-state index contributed by atoms with van der Waals surface area (Å²) in [4.78, 5) is 14.9. The van der Waals surface area contributed by atoms with Crippen molar-refractivity contribution in [2.24, 2.45) is 0 Å². The number of halogens is 1. The van der Waals surface area contributed by atoms with E-state index >= 15 is 0 Å². The number of ether oxygens (including phenoxy) is 2. The van der Waals surface area contributed by atoms with E-state index in [0.29, 0.717) is 30.4 Å². The predicted octanol–water partition coefficient (Wildman–Crippen LogP) is 5.05. The Morgan fingerprint density at radius 1 is 1.00 bits per heavy atom. The SMILES string of the molecule is COCCOCc1ccc2ccc(CN3CCC(NC(=O)c4cccc(Cl)c4)CC3)cc2c1. The van der Waals surface area contributed by atoms with E-state index in [1.807, 2.05) is 0 Å². The zero-order valence-corrected chi connectivity index (χ0v) is 19.8. The van der Waals surface area contributed by atoms with E-state index in [-0.39, 0.29) is 11.9 Å². The van der Waals surface area contributed by atoms with Gasteiger partial charge in [-0.05, 0) is 65.1 Å². The molecule has 6 heteroatoms. The highest BCUT2D eigenvalue weighted by molar-refractivity contribution is 6.30. The molecule has 1 N–H and O–H groups in total. The molecule has 1 saturated heterocycles. The molecule has 33 heavy (non-hydrogen) atoms. The van der Waals surface area contributed by atoms with Crippen LogP contribution in [0.5, 0.6) is 0 Å². The highest BCUT2D eigenvalue weighted by Gasteiger charge is 2.21. The van der Waals surface area contributed by atoms with Crippen molar-refractivity contribution in [3.8, 4) is 0 Å². The summed E-state index contributed by atoms with van der Waals surface area (Å²) < 4.78 is 10.7. The summed E-state index contributed by atoms with van der Waals surface area (Å²) in [7, 11) is 1.68. The van der Waals surface area contributed by atoms with Gasteiger partial charge in [0, 0.05) is 43.4 Å². The van der Waals surface area contributed by atoms with Gasteiger partial charge in [-0.2, -0.15) is 0 Å². The third kappa shape index (κ3) is 6.78. The lowest BCUT2D eigenvalue weighted by Crippen LogP contribution is -2.44. The Labute approximate surface area is 200 Å². The number of carbonyl (C=O) groups excluding carboxylic acids is 1. The van der Waals surface area contributed by atoms with E-state index < -0.39 is 0 Å². The molecule has 4 rings (SSSR count). The summed E-state index contributed by atoms with van der Waals surface area (Å²) in [5, 5.41) is 6.22. The number of hydrogen-bond acceptors (Lipinski definition) is 4. The maximum absolute atomic E-state index is 12.5. The topological polar surface area (TPSA) is 50.8 Å². The molecule has 1 fully saturated rings. The molecule has 1 aliphatic heterocycles. The minimum absolute atomic E-state index is 0.0486. The number of fused-ring (bicyclic) bond motifs is 1. The van der Waals surface area contributed by atoms with Crippen LogP contribution in [-0.2, 0) is 22.6 Å². The fourth-order valence-electron chi connectivity index (χ4n) is 4.26. The van der Waals surface area contributed by atoms with Crippen molar-refractivity contribution < 1.29 is 14.3 Å². The normalized spacial score (nSPS) is 15.1. The van der Waals surface area contributed by atoms with Gasteiger partial charge in [0.1, 0.15) is 0 Å². The van der Waals surface area contributed by atoms with Crippen LogP contribution in [0.15, 0.2) is 60.7 Å². The minimum atomic E-state index is -0.0486. The van der Waals surface area contributed by atoms with Crippen molar-refractivity contribution in [1.82, 2.24) is 10.2 Å². The third-order valence-electron chi connectivity index (χ3n) is 6.09. The second-order valence-corrected chi connectivity index (χ2v) is 9.03. The van der Waals surface area contributed by atoms with Crippen LogP contribution in [0.1, 0.15) is 34.3 Å². The summed E-state index contributed by atoms with van der Waals surface area (Å²) in [6.07, 6.45) is 1.89. The Bertz CT molecular complexity index is 1080. The molecule has 5 nitrogen and oxygen atoms in total. The predicted molar refractivity (Wildman–Crippen MR) is 133 cm³/mol. The van der Waals surface area contributed by atoms with Crippen LogP contribution in [-0.4, -0.2) is 50.3 Å². The number of nitrogens with one attached hydrogen (secondary N) is 1. The summed E-state index contributed by atoms with van der Waals surface area (Å²) in [5.41, 5.74) is 3.10. The van der Waals surface area contributed by atoms with Gasteiger partial charge in [-0.15, -0.1) is 0 Å². The van der Waals surface area contributed by atoms with Crippen LogP contribution < -0.4 is 5.32 Å². The van der Waals surface area contributed by atoms with Gasteiger partial charge < -0.3 is 14.8 Å². The maximum Gasteiger partial charge on any atom is 0.251 e. The molecular formula is C27H31ClN2O3. The summed E-state index contributed by atoms with van der Waals surface area (Å²) in [5.74, 6) is -0.0486. The molecule has 0 unspecified atom stereocenters. The number of rotatable bonds is 9. The number of methoxy groups -OCH3 is 1. The fourth-order valence-corrected chi connectivity index (χ4v) is 4.45. The number of amides is 1. The van der Waals surface area contributed by atoms with Gasteiger partial charge in [0.2, 0.25) is 0 Å². The molecule has 0 aromatic heterocycles. The van der Waals surface area contributed by atoms with Crippen molar-refractivity contribution in [2.45, 2.75) is 32.0 Å². The van der Waals surface area contributed by atoms with Crippen LogP contribution >= 0.6 is 11.6 Å². The van der Waals surface area contributed by atoms with Crippen LogP contribution in [0.2, 0.25) is 5.02 Å². The van der Waals surface area contributed by atoms with Gasteiger partial charge in [-0.1, -0.05) is 41.9 Å². The highest BCUT2D eigenvalue weighted by atomic mass is 35.5. The second kappa shape index (κ2) is 11.6. The molecule has 174 valence electrons. The van der Waals surface area contributed by atoms with E-state index in [4.69, 9.17) is 21.1 Å². The number of likely N-dealkylation sites (tertiary alicyclic amines) is 1. The first-order chi connectivity index (χ1) is 16.1. The van der Waals surface area contributed by atoms with Crippen molar-refractivity contribution in [3.05, 3.63) is 82.4 Å². The number of nitrogens with zero attached hydrogens (tertiary/aromatic N) is 1. The number of hydrogen-bond donors (Lipinski definition) is 1. The molecule has 1 heterocycles. The summed E-state index contributed by atoms with van der Waals surface area (Å²) >= 11 is 6.01. The zero-order valence-electron chi connectivity index (χ0n) is 19.1. The Morgan fingerprint density at radius 2 is 1.76 bits per heavy atom. The minimum Gasteiger partial charge on any atom is -0.382 e. The Hall–Kier alpha value is -2.44. The lowest BCUT2D eigenvalue weighted by Gasteiger charge is -2.32. The molecule has 0 radical (unpaired) electrons. The lowest BCUT2D eigenvalue weighted by molar-refractivity contribution is 0.0617. The van der Waals surface area contributed by atoms with Crippen molar-refractivity contribution in [2.75, 3.05) is 33.4 Å². The summed E-state index contributed by atoms with van der Waals surface area (Å²) in [6.45, 7) is 4.65. The molecule has 1 amide bonds. The Balaban J connectivity index is 1.29. The van der Waals surface area contributed by atoms with Gasteiger partial charge in [0.25, 0.3) is 5.91 Å². The van der Waals surface area contributed by atoms with Gasteiger partial charge in [0.15, 0.2) is 0 Å². The third-order valence-corrected chi connectivity index (χ3v) is 6.32. The van der Waals surface area contributed by atoms with E-state index in [1.165, 1.54) is 21.9 Å². The average Bonchev–Trinajstić information content (AvgIpc) is 2.83. The molecule has 3 aromatic rings. The molecular weight excluding hydrogens is 436 g/mol. The van der Waals surface area contributed by atoms with E-state index in [0.717, 1.165) is 32.5 Å². The largest absolute Gasteiger partial charge is 0.382 e. The molecule has 0 atom stereocenters. The van der Waals surface area contributed by atoms with Gasteiger partial charge >= 0.3 is 0 Å². The first-order valence-corrected chi connectivity index (χ1v) is 11.9. The van der Waals surface area contributed by atoms with Crippen molar-refractivity contribution in [1.29, 1.82) is 0 Å². The van der Waals surface area contributed by atoms with E-state index in [2.05, 4.69) is 46.6 Å². The summed E-state index contributed by atoms with van der Waals surface area (Å²) in [6, 6.07) is 20.5. The number of carbonyl (C=O) groups is 1. The highest BCUT2D eigenvalue weighted by Crippen LogP contribution is 2.21. The van der Waals surface area contributed by atoms with Crippen LogP contribution in [0.25, 0.3) is 10.8 Å². The molecule has 0 spiro atoms. The zero-order chi connectivity index (χ0) is 23.0.